The van der Waals surface area contributed by atoms with Crippen molar-refractivity contribution < 1.29 is 8.42 Å². The van der Waals surface area contributed by atoms with Gasteiger partial charge in [-0.15, -0.1) is 0 Å². The highest BCUT2D eigenvalue weighted by atomic mass is 35.5. The lowest BCUT2D eigenvalue weighted by molar-refractivity contribution is 0.311. The highest BCUT2D eigenvalue weighted by molar-refractivity contribution is 7.89. The lowest BCUT2D eigenvalue weighted by Crippen LogP contribution is -2.39. The van der Waals surface area contributed by atoms with Gasteiger partial charge in [-0.25, -0.2) is 8.42 Å². The van der Waals surface area contributed by atoms with Gasteiger partial charge in [-0.05, 0) is 43.5 Å². The van der Waals surface area contributed by atoms with Crippen LogP contribution in [-0.2, 0) is 17.1 Å². The van der Waals surface area contributed by atoms with Gasteiger partial charge in [0.1, 0.15) is 0 Å². The molecule has 0 N–H and O–H groups in total. The Kier molecular flexibility index (Phi) is 4.49. The van der Waals surface area contributed by atoms with Crippen molar-refractivity contribution in [3.63, 3.8) is 0 Å². The van der Waals surface area contributed by atoms with Crippen LogP contribution in [0.4, 0.5) is 0 Å². The summed E-state index contributed by atoms with van der Waals surface area (Å²) in [6, 6.07) is 6.98. The first-order chi connectivity index (χ1) is 10.9. The lowest BCUT2D eigenvalue weighted by atomic mass is 9.96. The molecule has 1 aliphatic rings. The molecule has 2 heterocycles. The lowest BCUT2D eigenvalue weighted by Gasteiger charge is -2.31. The maximum Gasteiger partial charge on any atom is 0.243 e. The van der Waals surface area contributed by atoms with Crippen LogP contribution in [0.1, 0.15) is 30.0 Å². The Morgan fingerprint density at radius 2 is 2.09 bits per heavy atom. The zero-order chi connectivity index (χ0) is 16.6. The molecule has 3 rings (SSSR count). The Morgan fingerprint density at radius 1 is 1.30 bits per heavy atom. The summed E-state index contributed by atoms with van der Waals surface area (Å²) < 4.78 is 29.3. The molecular formula is C16H20ClN3O2S. The maximum absolute atomic E-state index is 13.0. The Bertz CT molecular complexity index is 816. The summed E-state index contributed by atoms with van der Waals surface area (Å²) in [6.45, 7) is 2.75. The first-order valence-electron chi connectivity index (χ1n) is 7.64. The molecule has 2 aromatic rings. The minimum Gasteiger partial charge on any atom is -0.276 e. The van der Waals surface area contributed by atoms with Gasteiger partial charge in [0, 0.05) is 37.3 Å². The van der Waals surface area contributed by atoms with E-state index >= 15 is 0 Å². The number of hydrogen-bond donors (Lipinski definition) is 0. The van der Waals surface area contributed by atoms with E-state index in [4.69, 9.17) is 11.6 Å². The number of aromatic nitrogens is 2. The molecule has 0 bridgehead atoms. The van der Waals surface area contributed by atoms with Gasteiger partial charge in [0.25, 0.3) is 0 Å². The Morgan fingerprint density at radius 3 is 2.78 bits per heavy atom. The van der Waals surface area contributed by atoms with Gasteiger partial charge in [-0.2, -0.15) is 9.40 Å². The van der Waals surface area contributed by atoms with Gasteiger partial charge < -0.3 is 0 Å². The van der Waals surface area contributed by atoms with Crippen LogP contribution in [0.5, 0.6) is 0 Å². The Balaban J connectivity index is 1.89. The minimum atomic E-state index is -3.54. The van der Waals surface area contributed by atoms with Gasteiger partial charge in [0.05, 0.1) is 10.6 Å². The van der Waals surface area contributed by atoms with Crippen molar-refractivity contribution in [2.45, 2.75) is 30.6 Å². The fourth-order valence-corrected chi connectivity index (χ4v) is 5.06. The molecule has 0 amide bonds. The molecule has 1 atom stereocenters. The van der Waals surface area contributed by atoms with Crippen LogP contribution < -0.4 is 0 Å². The van der Waals surface area contributed by atoms with E-state index in [9.17, 15) is 8.42 Å². The fraction of sp³-hybridized carbons (Fsp3) is 0.438. The molecule has 5 nitrogen and oxygen atoms in total. The smallest absolute Gasteiger partial charge is 0.243 e. The van der Waals surface area contributed by atoms with E-state index in [2.05, 4.69) is 5.10 Å². The van der Waals surface area contributed by atoms with E-state index in [0.29, 0.717) is 28.6 Å². The van der Waals surface area contributed by atoms with Gasteiger partial charge in [0.15, 0.2) is 0 Å². The van der Waals surface area contributed by atoms with Crippen LogP contribution in [0.3, 0.4) is 0 Å². The third-order valence-electron chi connectivity index (χ3n) is 4.37. The Labute approximate surface area is 141 Å². The monoisotopic (exact) mass is 353 g/mol. The van der Waals surface area contributed by atoms with E-state index in [1.165, 1.54) is 0 Å². The van der Waals surface area contributed by atoms with E-state index in [1.807, 2.05) is 19.3 Å². The zero-order valence-corrected chi connectivity index (χ0v) is 14.8. The van der Waals surface area contributed by atoms with E-state index in [1.54, 1.807) is 34.1 Å². The van der Waals surface area contributed by atoms with Crippen LogP contribution in [0.15, 0.2) is 35.4 Å². The molecule has 1 saturated heterocycles. The number of piperidine rings is 1. The molecule has 1 aliphatic heterocycles. The summed E-state index contributed by atoms with van der Waals surface area (Å²) in [5.41, 5.74) is 1.56. The first-order valence-corrected chi connectivity index (χ1v) is 9.46. The highest BCUT2D eigenvalue weighted by Crippen LogP contribution is 2.31. The van der Waals surface area contributed by atoms with Crippen molar-refractivity contribution in [3.8, 4) is 0 Å². The normalized spacial score (nSPS) is 19.9. The van der Waals surface area contributed by atoms with Crippen molar-refractivity contribution in [3.05, 3.63) is 46.7 Å². The number of rotatable bonds is 3. The predicted octanol–water partition coefficient (Wildman–Crippen LogP) is 2.95. The van der Waals surface area contributed by atoms with Crippen molar-refractivity contribution in [2.24, 2.45) is 7.05 Å². The van der Waals surface area contributed by atoms with Gasteiger partial charge in [-0.3, -0.25) is 4.68 Å². The van der Waals surface area contributed by atoms with Crippen LogP contribution in [-0.4, -0.2) is 35.6 Å². The molecule has 0 spiro atoms. The third-order valence-corrected chi connectivity index (χ3v) is 6.79. The third kappa shape index (κ3) is 3.16. The van der Waals surface area contributed by atoms with Gasteiger partial charge >= 0.3 is 0 Å². The molecule has 0 radical (unpaired) electrons. The fourth-order valence-electron chi connectivity index (χ4n) is 3.06. The van der Waals surface area contributed by atoms with Gasteiger partial charge in [0.2, 0.25) is 10.0 Å². The molecule has 23 heavy (non-hydrogen) atoms. The molecule has 0 saturated carbocycles. The number of sulfonamides is 1. The molecule has 1 fully saturated rings. The van der Waals surface area contributed by atoms with Crippen molar-refractivity contribution in [2.75, 3.05) is 13.1 Å². The zero-order valence-electron chi connectivity index (χ0n) is 13.2. The quantitative estimate of drug-likeness (QED) is 0.852. The Hall–Kier alpha value is -1.37. The second kappa shape index (κ2) is 6.26. The average molecular weight is 354 g/mol. The van der Waals surface area contributed by atoms with Crippen molar-refractivity contribution in [1.82, 2.24) is 14.1 Å². The summed E-state index contributed by atoms with van der Waals surface area (Å²) in [6.07, 6.45) is 3.68. The first kappa shape index (κ1) is 16.5. The molecule has 1 aromatic carbocycles. The number of nitrogens with zero attached hydrogens (tertiary/aromatic N) is 3. The van der Waals surface area contributed by atoms with Crippen molar-refractivity contribution in [1.29, 1.82) is 0 Å². The molecule has 1 aromatic heterocycles. The summed E-state index contributed by atoms with van der Waals surface area (Å²) in [4.78, 5) is 0.298. The molecule has 124 valence electrons. The molecular weight excluding hydrogens is 334 g/mol. The topological polar surface area (TPSA) is 55.2 Å². The van der Waals surface area contributed by atoms with Gasteiger partial charge in [-0.1, -0.05) is 17.7 Å². The maximum atomic E-state index is 13.0. The molecule has 7 heteroatoms. The summed E-state index contributed by atoms with van der Waals surface area (Å²) in [7, 11) is -1.66. The number of aryl methyl sites for hydroxylation is 1. The molecule has 0 aliphatic carbocycles. The van der Waals surface area contributed by atoms with E-state index in [-0.39, 0.29) is 5.92 Å². The predicted molar refractivity (Wildman–Crippen MR) is 90.1 cm³/mol. The number of halogens is 1. The van der Waals surface area contributed by atoms with Crippen LogP contribution in [0.2, 0.25) is 5.02 Å². The van der Waals surface area contributed by atoms with Crippen molar-refractivity contribution >= 4 is 21.6 Å². The second-order valence-corrected chi connectivity index (χ2v) is 8.29. The van der Waals surface area contributed by atoms with E-state index < -0.39 is 10.0 Å². The van der Waals surface area contributed by atoms with E-state index in [0.717, 1.165) is 18.5 Å². The highest BCUT2D eigenvalue weighted by Gasteiger charge is 2.32. The van der Waals surface area contributed by atoms with Crippen LogP contribution in [0.25, 0.3) is 0 Å². The number of hydrogen-bond acceptors (Lipinski definition) is 3. The standard InChI is InChI=1S/C16H20ClN3O2S/c1-12-14(17)6-3-7-16(12)23(21,22)20-9-4-5-13(11-20)15-8-10-19(2)18-15/h3,6-8,10,13H,4-5,9,11H2,1-2H3. The minimum absolute atomic E-state index is 0.138. The summed E-state index contributed by atoms with van der Waals surface area (Å²) >= 11 is 6.09. The average Bonchev–Trinajstić information content (AvgIpc) is 2.96. The largest absolute Gasteiger partial charge is 0.276 e. The van der Waals surface area contributed by atoms with Crippen LogP contribution in [0, 0.1) is 6.92 Å². The molecule has 1 unspecified atom stereocenters. The summed E-state index contributed by atoms with van der Waals surface area (Å²) in [5.74, 6) is 0.138. The van der Waals surface area contributed by atoms with Crippen LogP contribution >= 0.6 is 11.6 Å². The number of benzene rings is 1. The SMILES string of the molecule is Cc1c(Cl)cccc1S(=O)(=O)N1CCCC(c2ccn(C)n2)C1. The summed E-state index contributed by atoms with van der Waals surface area (Å²) in [5, 5.41) is 4.91. The second-order valence-electron chi connectivity index (χ2n) is 5.98.